The minimum atomic E-state index is -4.51. The fourth-order valence-corrected chi connectivity index (χ4v) is 2.00. The Kier molecular flexibility index (Phi) is 4.51. The number of hydrogen-bond acceptors (Lipinski definition) is 4. The summed E-state index contributed by atoms with van der Waals surface area (Å²) in [5.41, 5.74) is 4.07. The number of nitrogens with two attached hydrogens (primary N) is 1. The lowest BCUT2D eigenvalue weighted by molar-refractivity contribution is -0.138. The highest BCUT2D eigenvalue weighted by molar-refractivity contribution is 5.43. The molecule has 0 radical (unpaired) electrons. The first-order chi connectivity index (χ1) is 10.3. The Hall–Kier alpha value is -2.35. The third-order valence-corrected chi connectivity index (χ3v) is 3.07. The predicted molar refractivity (Wildman–Crippen MR) is 76.6 cm³/mol. The Labute approximate surface area is 124 Å². The number of hydrogen-bond donors (Lipinski definition) is 2. The van der Waals surface area contributed by atoms with Crippen LogP contribution in [0.3, 0.4) is 0 Å². The molecule has 0 unspecified atom stereocenters. The molecule has 0 saturated heterocycles. The van der Waals surface area contributed by atoms with Crippen molar-refractivity contribution in [1.82, 2.24) is 14.9 Å². The molecule has 1 heterocycles. The monoisotopic (exact) mass is 312 g/mol. The summed E-state index contributed by atoms with van der Waals surface area (Å²) < 4.78 is 40.6. The zero-order valence-corrected chi connectivity index (χ0v) is 11.8. The van der Waals surface area contributed by atoms with Crippen LogP contribution in [-0.2, 0) is 12.7 Å². The molecule has 0 aliphatic heterocycles. The maximum atomic E-state index is 13.2. The van der Waals surface area contributed by atoms with Crippen LogP contribution in [0.4, 0.5) is 19.0 Å². The van der Waals surface area contributed by atoms with Crippen molar-refractivity contribution in [3.05, 3.63) is 52.1 Å². The highest BCUT2D eigenvalue weighted by Crippen LogP contribution is 2.33. The lowest BCUT2D eigenvalue weighted by Gasteiger charge is -2.15. The molecule has 0 saturated carbocycles. The van der Waals surface area contributed by atoms with Gasteiger partial charge in [0.05, 0.1) is 11.3 Å². The van der Waals surface area contributed by atoms with Crippen LogP contribution in [0.2, 0.25) is 0 Å². The fraction of sp³-hybridized carbons (Fsp3) is 0.286. The van der Waals surface area contributed by atoms with Gasteiger partial charge in [-0.05, 0) is 30.3 Å². The molecule has 2 aromatic rings. The molecule has 22 heavy (non-hydrogen) atoms. The average Bonchev–Trinajstić information content (AvgIpc) is 2.44. The predicted octanol–water partition coefficient (Wildman–Crippen LogP) is 1.94. The number of nitrogens with zero attached hydrogens (tertiary/aromatic N) is 2. The van der Waals surface area contributed by atoms with Gasteiger partial charge in [-0.15, -0.1) is 0 Å². The SMILES string of the molecule is CCNCc1ccc(-n2ccc(N)nc2=O)cc1C(F)(F)F. The molecule has 0 aliphatic rings. The summed E-state index contributed by atoms with van der Waals surface area (Å²) in [5, 5.41) is 2.86. The van der Waals surface area contributed by atoms with Crippen molar-refractivity contribution >= 4 is 5.82 Å². The van der Waals surface area contributed by atoms with Crippen molar-refractivity contribution in [2.75, 3.05) is 12.3 Å². The number of benzene rings is 1. The summed E-state index contributed by atoms with van der Waals surface area (Å²) in [6.45, 7) is 2.46. The van der Waals surface area contributed by atoms with Crippen molar-refractivity contribution in [2.24, 2.45) is 0 Å². The van der Waals surface area contributed by atoms with Crippen molar-refractivity contribution in [2.45, 2.75) is 19.6 Å². The number of halogens is 3. The quantitative estimate of drug-likeness (QED) is 0.905. The van der Waals surface area contributed by atoms with Crippen LogP contribution in [0.5, 0.6) is 0 Å². The molecule has 1 aromatic carbocycles. The number of rotatable bonds is 4. The van der Waals surface area contributed by atoms with Crippen molar-refractivity contribution in [1.29, 1.82) is 0 Å². The molecular formula is C14H15F3N4O. The molecular weight excluding hydrogens is 297 g/mol. The molecule has 118 valence electrons. The second kappa shape index (κ2) is 6.18. The first-order valence-electron chi connectivity index (χ1n) is 6.59. The fourth-order valence-electron chi connectivity index (χ4n) is 2.00. The number of anilines is 1. The van der Waals surface area contributed by atoms with Gasteiger partial charge in [0.25, 0.3) is 0 Å². The van der Waals surface area contributed by atoms with Crippen molar-refractivity contribution in [3.8, 4) is 5.69 Å². The van der Waals surface area contributed by atoms with E-state index >= 15 is 0 Å². The second-order valence-electron chi connectivity index (χ2n) is 4.62. The molecule has 2 rings (SSSR count). The molecule has 0 fully saturated rings. The highest BCUT2D eigenvalue weighted by Gasteiger charge is 2.33. The van der Waals surface area contributed by atoms with E-state index < -0.39 is 17.4 Å². The maximum Gasteiger partial charge on any atom is 0.416 e. The average molecular weight is 312 g/mol. The van der Waals surface area contributed by atoms with Gasteiger partial charge >= 0.3 is 11.9 Å². The third-order valence-electron chi connectivity index (χ3n) is 3.07. The van der Waals surface area contributed by atoms with E-state index in [0.717, 1.165) is 10.6 Å². The molecule has 1 aromatic heterocycles. The molecule has 0 spiro atoms. The number of alkyl halides is 3. The molecule has 0 amide bonds. The van der Waals surface area contributed by atoms with Crippen LogP contribution in [0.1, 0.15) is 18.1 Å². The molecule has 0 atom stereocenters. The van der Waals surface area contributed by atoms with E-state index in [1.165, 1.54) is 24.4 Å². The van der Waals surface area contributed by atoms with E-state index in [9.17, 15) is 18.0 Å². The Balaban J connectivity index is 2.53. The Morgan fingerprint density at radius 2 is 2.05 bits per heavy atom. The topological polar surface area (TPSA) is 72.9 Å². The summed E-state index contributed by atoms with van der Waals surface area (Å²) in [6, 6.07) is 5.08. The first kappa shape index (κ1) is 16.0. The van der Waals surface area contributed by atoms with Gasteiger partial charge in [-0.1, -0.05) is 13.0 Å². The van der Waals surface area contributed by atoms with Crippen LogP contribution in [-0.4, -0.2) is 16.1 Å². The van der Waals surface area contributed by atoms with E-state index in [1.807, 2.05) is 0 Å². The van der Waals surface area contributed by atoms with Gasteiger partial charge in [0.2, 0.25) is 0 Å². The van der Waals surface area contributed by atoms with Gasteiger partial charge in [0.15, 0.2) is 0 Å². The van der Waals surface area contributed by atoms with Crippen LogP contribution in [0.15, 0.2) is 35.3 Å². The molecule has 5 nitrogen and oxygen atoms in total. The smallest absolute Gasteiger partial charge is 0.383 e. The molecule has 3 N–H and O–H groups in total. The number of nitrogens with one attached hydrogen (secondary N) is 1. The minimum Gasteiger partial charge on any atom is -0.383 e. The lowest BCUT2D eigenvalue weighted by Crippen LogP contribution is -2.23. The van der Waals surface area contributed by atoms with Crippen LogP contribution >= 0.6 is 0 Å². The van der Waals surface area contributed by atoms with Crippen LogP contribution in [0.25, 0.3) is 5.69 Å². The summed E-state index contributed by atoms with van der Waals surface area (Å²) in [5.74, 6) is 0.0149. The Bertz CT molecular complexity index is 725. The zero-order valence-electron chi connectivity index (χ0n) is 11.8. The molecule has 8 heteroatoms. The summed E-state index contributed by atoms with van der Waals surface area (Å²) >= 11 is 0. The van der Waals surface area contributed by atoms with E-state index in [2.05, 4.69) is 10.3 Å². The first-order valence-corrected chi connectivity index (χ1v) is 6.59. The number of aromatic nitrogens is 2. The summed E-state index contributed by atoms with van der Waals surface area (Å²) in [6.07, 6.45) is -3.21. The lowest BCUT2D eigenvalue weighted by atomic mass is 10.1. The van der Waals surface area contributed by atoms with E-state index in [0.29, 0.717) is 6.54 Å². The Morgan fingerprint density at radius 3 is 2.64 bits per heavy atom. The van der Waals surface area contributed by atoms with Gasteiger partial charge in [0.1, 0.15) is 5.82 Å². The van der Waals surface area contributed by atoms with Crippen LogP contribution in [0, 0.1) is 0 Å². The van der Waals surface area contributed by atoms with Crippen molar-refractivity contribution < 1.29 is 13.2 Å². The van der Waals surface area contributed by atoms with E-state index in [-0.39, 0.29) is 23.6 Å². The summed E-state index contributed by atoms with van der Waals surface area (Å²) in [7, 11) is 0. The van der Waals surface area contributed by atoms with E-state index in [4.69, 9.17) is 5.73 Å². The summed E-state index contributed by atoms with van der Waals surface area (Å²) in [4.78, 5) is 15.2. The van der Waals surface area contributed by atoms with Gasteiger partial charge in [0, 0.05) is 12.7 Å². The Morgan fingerprint density at radius 1 is 1.32 bits per heavy atom. The van der Waals surface area contributed by atoms with E-state index in [1.54, 1.807) is 6.92 Å². The maximum absolute atomic E-state index is 13.2. The highest BCUT2D eigenvalue weighted by atomic mass is 19.4. The zero-order chi connectivity index (χ0) is 16.3. The van der Waals surface area contributed by atoms with Gasteiger partial charge in [-0.25, -0.2) is 4.79 Å². The normalized spacial score (nSPS) is 11.6. The van der Waals surface area contributed by atoms with Gasteiger partial charge < -0.3 is 11.1 Å². The van der Waals surface area contributed by atoms with Crippen LogP contribution < -0.4 is 16.7 Å². The largest absolute Gasteiger partial charge is 0.416 e. The standard InChI is InChI=1S/C14H15F3N4O/c1-2-19-8-9-3-4-10(7-11(9)14(15,16)17)21-6-5-12(18)20-13(21)22/h3-7,19H,2,8H2,1H3,(H2,18,20,22). The molecule has 0 aliphatic carbocycles. The van der Waals surface area contributed by atoms with Gasteiger partial charge in [-0.3, -0.25) is 4.57 Å². The van der Waals surface area contributed by atoms with Crippen molar-refractivity contribution in [3.63, 3.8) is 0 Å². The van der Waals surface area contributed by atoms with Gasteiger partial charge in [-0.2, -0.15) is 18.2 Å². The number of nitrogen functional groups attached to an aromatic ring is 1. The molecule has 0 bridgehead atoms. The third kappa shape index (κ3) is 3.45. The second-order valence-corrected chi connectivity index (χ2v) is 4.62. The minimum absolute atomic E-state index is 0.0149.